The van der Waals surface area contributed by atoms with E-state index in [0.29, 0.717) is 17.2 Å². The molecule has 2 aromatic rings. The standard InChI is InChI=1S/C11H12N4O2/c1-6-3-10(13-5-8(6)12)14-11(16)9-4-7(2)15-17-9/h3-5H,12H2,1-2H3,(H,13,14,16). The fraction of sp³-hybridized carbons (Fsp3) is 0.182. The zero-order valence-corrected chi connectivity index (χ0v) is 9.52. The van der Waals surface area contributed by atoms with Gasteiger partial charge in [0.05, 0.1) is 17.6 Å². The number of aromatic nitrogens is 2. The van der Waals surface area contributed by atoms with Crippen LogP contribution in [-0.4, -0.2) is 16.0 Å². The van der Waals surface area contributed by atoms with Crippen LogP contribution in [0.3, 0.4) is 0 Å². The van der Waals surface area contributed by atoms with Crippen LogP contribution in [-0.2, 0) is 0 Å². The maximum atomic E-state index is 11.7. The molecular weight excluding hydrogens is 220 g/mol. The molecule has 0 saturated heterocycles. The number of nitrogens with zero attached hydrogens (tertiary/aromatic N) is 2. The minimum atomic E-state index is -0.387. The van der Waals surface area contributed by atoms with Crippen molar-refractivity contribution in [3.63, 3.8) is 0 Å². The third-order valence-electron chi connectivity index (χ3n) is 2.24. The molecule has 0 bridgehead atoms. The van der Waals surface area contributed by atoms with Gasteiger partial charge in [0.15, 0.2) is 0 Å². The molecule has 0 fully saturated rings. The molecule has 6 heteroatoms. The maximum Gasteiger partial charge on any atom is 0.295 e. The average Bonchev–Trinajstić information content (AvgIpc) is 2.70. The highest BCUT2D eigenvalue weighted by molar-refractivity contribution is 6.01. The van der Waals surface area contributed by atoms with Crippen molar-refractivity contribution in [2.45, 2.75) is 13.8 Å². The van der Waals surface area contributed by atoms with Crippen LogP contribution in [0.15, 0.2) is 22.9 Å². The van der Waals surface area contributed by atoms with Crippen LogP contribution in [0.4, 0.5) is 11.5 Å². The van der Waals surface area contributed by atoms with E-state index in [4.69, 9.17) is 10.3 Å². The molecule has 2 rings (SSSR count). The number of nitrogen functional groups attached to an aromatic ring is 1. The molecule has 2 heterocycles. The first kappa shape index (κ1) is 11.1. The van der Waals surface area contributed by atoms with Gasteiger partial charge in [0.25, 0.3) is 5.91 Å². The Morgan fingerprint density at radius 3 is 2.76 bits per heavy atom. The van der Waals surface area contributed by atoms with Crippen molar-refractivity contribution in [2.75, 3.05) is 11.1 Å². The summed E-state index contributed by atoms with van der Waals surface area (Å²) in [5, 5.41) is 6.23. The molecule has 88 valence electrons. The van der Waals surface area contributed by atoms with Crippen LogP contribution in [0.2, 0.25) is 0 Å². The van der Waals surface area contributed by atoms with Gasteiger partial charge in [-0.25, -0.2) is 4.98 Å². The summed E-state index contributed by atoms with van der Waals surface area (Å²) in [6.45, 7) is 3.58. The first-order valence-electron chi connectivity index (χ1n) is 5.03. The van der Waals surface area contributed by atoms with Crippen molar-refractivity contribution in [2.24, 2.45) is 0 Å². The number of aryl methyl sites for hydroxylation is 2. The normalized spacial score (nSPS) is 10.2. The van der Waals surface area contributed by atoms with Crippen LogP contribution in [0, 0.1) is 13.8 Å². The predicted molar refractivity (Wildman–Crippen MR) is 62.6 cm³/mol. The smallest absolute Gasteiger partial charge is 0.295 e. The number of anilines is 2. The van der Waals surface area contributed by atoms with Crippen molar-refractivity contribution < 1.29 is 9.32 Å². The summed E-state index contributed by atoms with van der Waals surface area (Å²) in [4.78, 5) is 15.7. The molecule has 0 atom stereocenters. The summed E-state index contributed by atoms with van der Waals surface area (Å²) in [5.41, 5.74) is 7.71. The fourth-order valence-corrected chi connectivity index (χ4v) is 1.28. The molecular formula is C11H12N4O2. The highest BCUT2D eigenvalue weighted by Crippen LogP contribution is 2.14. The van der Waals surface area contributed by atoms with Crippen molar-refractivity contribution in [3.05, 3.63) is 35.3 Å². The summed E-state index contributed by atoms with van der Waals surface area (Å²) in [6, 6.07) is 3.25. The van der Waals surface area contributed by atoms with E-state index >= 15 is 0 Å². The minimum absolute atomic E-state index is 0.152. The Morgan fingerprint density at radius 2 is 2.18 bits per heavy atom. The first-order valence-corrected chi connectivity index (χ1v) is 5.03. The molecule has 3 N–H and O–H groups in total. The number of carbonyl (C=O) groups is 1. The number of nitrogens with two attached hydrogens (primary N) is 1. The number of amides is 1. The molecule has 0 aliphatic carbocycles. The highest BCUT2D eigenvalue weighted by Gasteiger charge is 2.12. The van der Waals surface area contributed by atoms with E-state index in [1.165, 1.54) is 6.20 Å². The Morgan fingerprint density at radius 1 is 1.41 bits per heavy atom. The van der Waals surface area contributed by atoms with Crippen LogP contribution in [0.1, 0.15) is 21.8 Å². The third kappa shape index (κ3) is 2.41. The van der Waals surface area contributed by atoms with Gasteiger partial charge in [0, 0.05) is 6.07 Å². The van der Waals surface area contributed by atoms with E-state index in [-0.39, 0.29) is 11.7 Å². The van der Waals surface area contributed by atoms with Gasteiger partial charge in [-0.1, -0.05) is 5.16 Å². The van der Waals surface area contributed by atoms with Gasteiger partial charge in [-0.15, -0.1) is 0 Å². The van der Waals surface area contributed by atoms with Crippen LogP contribution in [0.5, 0.6) is 0 Å². The molecule has 0 radical (unpaired) electrons. The molecule has 0 saturated carbocycles. The number of pyridine rings is 1. The lowest BCUT2D eigenvalue weighted by Crippen LogP contribution is -2.12. The van der Waals surface area contributed by atoms with Gasteiger partial charge >= 0.3 is 0 Å². The summed E-state index contributed by atoms with van der Waals surface area (Å²) in [5.74, 6) is 0.191. The average molecular weight is 232 g/mol. The second-order valence-corrected chi connectivity index (χ2v) is 3.71. The SMILES string of the molecule is Cc1cc(C(=O)Nc2cc(C)c(N)cn2)on1. The minimum Gasteiger partial charge on any atom is -0.397 e. The lowest BCUT2D eigenvalue weighted by molar-refractivity contribution is 0.0987. The van der Waals surface area contributed by atoms with Gasteiger partial charge in [-0.05, 0) is 25.5 Å². The van der Waals surface area contributed by atoms with E-state index in [1.54, 1.807) is 19.1 Å². The number of hydrogen-bond acceptors (Lipinski definition) is 5. The van der Waals surface area contributed by atoms with Gasteiger partial charge in [-0.2, -0.15) is 0 Å². The van der Waals surface area contributed by atoms with Crippen molar-refractivity contribution in [3.8, 4) is 0 Å². The second kappa shape index (κ2) is 4.25. The maximum absolute atomic E-state index is 11.7. The summed E-state index contributed by atoms with van der Waals surface area (Å²) in [6.07, 6.45) is 1.50. The summed E-state index contributed by atoms with van der Waals surface area (Å²) >= 11 is 0. The largest absolute Gasteiger partial charge is 0.397 e. The quantitative estimate of drug-likeness (QED) is 0.818. The molecule has 0 spiro atoms. The predicted octanol–water partition coefficient (Wildman–Crippen LogP) is 1.52. The van der Waals surface area contributed by atoms with Crippen molar-refractivity contribution in [1.82, 2.24) is 10.1 Å². The molecule has 0 aliphatic rings. The Hall–Kier alpha value is -2.37. The Labute approximate surface area is 97.8 Å². The van der Waals surface area contributed by atoms with Gasteiger partial charge in [0.1, 0.15) is 5.82 Å². The van der Waals surface area contributed by atoms with E-state index in [2.05, 4.69) is 15.5 Å². The van der Waals surface area contributed by atoms with Gasteiger partial charge in [-0.3, -0.25) is 4.79 Å². The topological polar surface area (TPSA) is 94.0 Å². The molecule has 0 aromatic carbocycles. The Balaban J connectivity index is 2.15. The zero-order chi connectivity index (χ0) is 12.4. The number of rotatable bonds is 2. The lowest BCUT2D eigenvalue weighted by Gasteiger charge is -2.04. The monoisotopic (exact) mass is 232 g/mol. The van der Waals surface area contributed by atoms with E-state index in [1.807, 2.05) is 6.92 Å². The second-order valence-electron chi connectivity index (χ2n) is 3.71. The molecule has 6 nitrogen and oxygen atoms in total. The van der Waals surface area contributed by atoms with Gasteiger partial charge < -0.3 is 15.6 Å². The van der Waals surface area contributed by atoms with Crippen LogP contribution >= 0.6 is 0 Å². The number of carbonyl (C=O) groups excluding carboxylic acids is 1. The van der Waals surface area contributed by atoms with Gasteiger partial charge in [0.2, 0.25) is 5.76 Å². The first-order chi connectivity index (χ1) is 8.06. The molecule has 0 unspecified atom stereocenters. The zero-order valence-electron chi connectivity index (χ0n) is 9.52. The molecule has 17 heavy (non-hydrogen) atoms. The lowest BCUT2D eigenvalue weighted by atomic mass is 10.2. The Kier molecular flexibility index (Phi) is 2.78. The fourth-order valence-electron chi connectivity index (χ4n) is 1.28. The van der Waals surface area contributed by atoms with Crippen LogP contribution < -0.4 is 11.1 Å². The van der Waals surface area contributed by atoms with Crippen molar-refractivity contribution in [1.29, 1.82) is 0 Å². The summed E-state index contributed by atoms with van der Waals surface area (Å²) in [7, 11) is 0. The van der Waals surface area contributed by atoms with E-state index < -0.39 is 0 Å². The van der Waals surface area contributed by atoms with Crippen molar-refractivity contribution >= 4 is 17.4 Å². The van der Waals surface area contributed by atoms with E-state index in [0.717, 1.165) is 5.56 Å². The molecule has 1 amide bonds. The highest BCUT2D eigenvalue weighted by atomic mass is 16.5. The third-order valence-corrected chi connectivity index (χ3v) is 2.24. The Bertz CT molecular complexity index is 562. The molecule has 2 aromatic heterocycles. The summed E-state index contributed by atoms with van der Waals surface area (Å²) < 4.78 is 4.84. The van der Waals surface area contributed by atoms with E-state index in [9.17, 15) is 4.79 Å². The molecule has 0 aliphatic heterocycles. The number of nitrogens with one attached hydrogen (secondary N) is 1. The number of hydrogen-bond donors (Lipinski definition) is 2. The van der Waals surface area contributed by atoms with Crippen LogP contribution in [0.25, 0.3) is 0 Å².